The molecule has 0 saturated heterocycles. The van der Waals surface area contributed by atoms with Crippen LogP contribution in [0.2, 0.25) is 30.8 Å². The lowest BCUT2D eigenvalue weighted by atomic mass is 9.86. The van der Waals surface area contributed by atoms with Gasteiger partial charge in [-0.1, -0.05) is 31.2 Å². The fourth-order valence-electron chi connectivity index (χ4n) is 3.69. The summed E-state index contributed by atoms with van der Waals surface area (Å²) in [7, 11) is -1.24. The van der Waals surface area contributed by atoms with Crippen molar-refractivity contribution >= 4 is 64.1 Å². The molecule has 0 unspecified atom stereocenters. The fourth-order valence-corrected chi connectivity index (χ4v) is 5.26. The molecule has 3 rings (SSSR count). The quantitative estimate of drug-likeness (QED) is 0.156. The molecule has 194 valence electrons. The van der Waals surface area contributed by atoms with Crippen LogP contribution >= 0.6 is 27.5 Å². The van der Waals surface area contributed by atoms with Crippen molar-refractivity contribution in [2.24, 2.45) is 0 Å². The Hall–Kier alpha value is -1.89. The van der Waals surface area contributed by atoms with E-state index >= 15 is 0 Å². The van der Waals surface area contributed by atoms with E-state index < -0.39 is 24.7 Å². The Labute approximate surface area is 219 Å². The van der Waals surface area contributed by atoms with Gasteiger partial charge in [0.25, 0.3) is 0 Å². The molecule has 0 atom stereocenters. The van der Waals surface area contributed by atoms with Crippen LogP contribution in [0.25, 0.3) is 11.0 Å². The number of ether oxygens (including phenoxy) is 2. The number of anilines is 1. The molecule has 1 saturated carbocycles. The Balaban J connectivity index is 1.77. The smallest absolute Gasteiger partial charge is 0.407 e. The van der Waals surface area contributed by atoms with Gasteiger partial charge in [0, 0.05) is 26.8 Å². The zero-order valence-electron chi connectivity index (χ0n) is 20.9. The molecule has 2 heterocycles. The third kappa shape index (κ3) is 7.08. The number of pyridine rings is 1. The number of hydrogen-bond acceptors (Lipinski definition) is 7. The first-order valence-electron chi connectivity index (χ1n) is 11.5. The predicted molar refractivity (Wildman–Crippen MR) is 143 cm³/mol. The van der Waals surface area contributed by atoms with Crippen LogP contribution < -0.4 is 10.6 Å². The van der Waals surface area contributed by atoms with Crippen LogP contribution in [-0.4, -0.2) is 52.9 Å². The molecular formula is C22H33BrClN5O5Si. The predicted octanol–water partition coefficient (Wildman–Crippen LogP) is 6.14. The number of aromatic nitrogens is 2. The fraction of sp³-hybridized carbons (Fsp3) is 0.636. The second-order valence-electron chi connectivity index (χ2n) is 11.0. The highest BCUT2D eigenvalue weighted by atomic mass is 79.9. The number of halogens is 2. The van der Waals surface area contributed by atoms with E-state index in [1.807, 2.05) is 0 Å². The molecule has 2 N–H and O–H groups in total. The molecule has 1 amide bonds. The van der Waals surface area contributed by atoms with Gasteiger partial charge >= 0.3 is 11.8 Å². The standard InChI is InChI=1S/C22H33BrClN5O5Si/c1-22(2,3)34-21(30)27-14-9-13(10-14)26-18-15(29(31)32)11-25-20-16(18)17(23)19(24)28(20)12-33-7-8-35(4,5)6/h11,13-14H,7-10,12H2,1-6H3,(H,25,26)(H,27,30). The molecule has 0 aliphatic heterocycles. The van der Waals surface area contributed by atoms with Gasteiger partial charge in [0.15, 0.2) is 0 Å². The topological polar surface area (TPSA) is 121 Å². The summed E-state index contributed by atoms with van der Waals surface area (Å²) in [5.41, 5.74) is 0.113. The Morgan fingerprint density at radius 2 is 2.00 bits per heavy atom. The van der Waals surface area contributed by atoms with E-state index in [1.54, 1.807) is 25.3 Å². The largest absolute Gasteiger partial charge is 0.444 e. The lowest BCUT2D eigenvalue weighted by Crippen LogP contribution is -2.50. The number of nitrogens with one attached hydrogen (secondary N) is 2. The van der Waals surface area contributed by atoms with Gasteiger partial charge in [-0.05, 0) is 55.6 Å². The monoisotopic (exact) mass is 589 g/mol. The number of alkyl carbamates (subject to hydrolysis) is 1. The van der Waals surface area contributed by atoms with E-state index in [2.05, 4.69) is 51.2 Å². The van der Waals surface area contributed by atoms with Crippen molar-refractivity contribution in [3.8, 4) is 0 Å². The highest BCUT2D eigenvalue weighted by Crippen LogP contribution is 2.43. The molecule has 10 nitrogen and oxygen atoms in total. The third-order valence-electron chi connectivity index (χ3n) is 5.55. The summed E-state index contributed by atoms with van der Waals surface area (Å²) >= 11 is 10.1. The first-order valence-corrected chi connectivity index (χ1v) is 16.4. The van der Waals surface area contributed by atoms with Gasteiger partial charge in [0.2, 0.25) is 0 Å². The van der Waals surface area contributed by atoms with Crippen molar-refractivity contribution in [2.45, 2.75) is 83.7 Å². The Kier molecular flexibility index (Phi) is 8.40. The number of hydrogen-bond donors (Lipinski definition) is 2. The highest BCUT2D eigenvalue weighted by Gasteiger charge is 2.34. The Bertz CT molecular complexity index is 1110. The zero-order valence-corrected chi connectivity index (χ0v) is 24.2. The van der Waals surface area contributed by atoms with Crippen molar-refractivity contribution in [3.63, 3.8) is 0 Å². The van der Waals surface area contributed by atoms with E-state index in [4.69, 9.17) is 21.1 Å². The number of rotatable bonds is 9. The zero-order chi connectivity index (χ0) is 26.1. The molecule has 13 heteroatoms. The molecule has 2 aromatic heterocycles. The number of nitro groups is 1. The summed E-state index contributed by atoms with van der Waals surface area (Å²) in [4.78, 5) is 27.7. The van der Waals surface area contributed by atoms with E-state index in [0.717, 1.165) is 6.04 Å². The average Bonchev–Trinajstić information content (AvgIpc) is 2.92. The summed E-state index contributed by atoms with van der Waals surface area (Å²) < 4.78 is 13.4. The van der Waals surface area contributed by atoms with E-state index in [9.17, 15) is 14.9 Å². The van der Waals surface area contributed by atoms with Gasteiger partial charge in [-0.15, -0.1) is 0 Å². The second-order valence-corrected chi connectivity index (χ2v) is 17.8. The van der Waals surface area contributed by atoms with Crippen molar-refractivity contribution in [2.75, 3.05) is 11.9 Å². The van der Waals surface area contributed by atoms with Crippen LogP contribution in [0.3, 0.4) is 0 Å². The van der Waals surface area contributed by atoms with Gasteiger partial charge in [-0.3, -0.25) is 14.7 Å². The van der Waals surface area contributed by atoms with Crippen LogP contribution in [0.4, 0.5) is 16.2 Å². The first-order chi connectivity index (χ1) is 16.2. The molecule has 1 aliphatic rings. The van der Waals surface area contributed by atoms with Crippen molar-refractivity contribution in [1.29, 1.82) is 0 Å². The SMILES string of the molecule is CC(C)(C)OC(=O)NC1CC(Nc2c([N+](=O)[O-])cnc3c2c(Br)c(Cl)n3COCC[Si](C)(C)C)C1. The molecule has 0 bridgehead atoms. The number of carbonyl (C=O) groups excluding carboxylic acids is 1. The molecule has 0 spiro atoms. The Morgan fingerprint density at radius 3 is 2.57 bits per heavy atom. The van der Waals surface area contributed by atoms with Crippen molar-refractivity contribution < 1.29 is 19.2 Å². The summed E-state index contributed by atoms with van der Waals surface area (Å²) in [6, 6.07) is 0.869. The summed E-state index contributed by atoms with van der Waals surface area (Å²) in [6.07, 6.45) is 1.97. The van der Waals surface area contributed by atoms with E-state index in [0.29, 0.717) is 45.8 Å². The molecule has 0 aromatic carbocycles. The van der Waals surface area contributed by atoms with Gasteiger partial charge < -0.3 is 20.1 Å². The van der Waals surface area contributed by atoms with Crippen molar-refractivity contribution in [1.82, 2.24) is 14.9 Å². The van der Waals surface area contributed by atoms with E-state index in [-0.39, 0.29) is 24.5 Å². The minimum absolute atomic E-state index is 0.0683. The molecule has 1 fully saturated rings. The maximum atomic E-state index is 12.0. The molecule has 35 heavy (non-hydrogen) atoms. The third-order valence-corrected chi connectivity index (χ3v) is 8.65. The number of carbonyl (C=O) groups is 1. The molecule has 2 aromatic rings. The number of fused-ring (bicyclic) bond motifs is 1. The molecule has 1 aliphatic carbocycles. The first kappa shape index (κ1) is 27.7. The highest BCUT2D eigenvalue weighted by molar-refractivity contribution is 9.10. The van der Waals surface area contributed by atoms with Crippen LogP contribution in [0.15, 0.2) is 10.7 Å². The number of nitrogens with zero attached hydrogens (tertiary/aromatic N) is 3. The normalized spacial score (nSPS) is 18.3. The minimum atomic E-state index is -1.24. The van der Waals surface area contributed by atoms with Crippen molar-refractivity contribution in [3.05, 3.63) is 25.9 Å². The average molecular weight is 591 g/mol. The van der Waals surface area contributed by atoms with Crippen LogP contribution in [0, 0.1) is 10.1 Å². The molecule has 0 radical (unpaired) electrons. The van der Waals surface area contributed by atoms with Gasteiger partial charge in [-0.25, -0.2) is 9.78 Å². The minimum Gasteiger partial charge on any atom is -0.444 e. The summed E-state index contributed by atoms with van der Waals surface area (Å²) in [5.74, 6) is 0. The van der Waals surface area contributed by atoms with E-state index in [1.165, 1.54) is 6.20 Å². The summed E-state index contributed by atoms with van der Waals surface area (Å²) in [6.45, 7) is 13.0. The lowest BCUT2D eigenvalue weighted by molar-refractivity contribution is -0.384. The van der Waals surface area contributed by atoms with Crippen LogP contribution in [0.1, 0.15) is 33.6 Å². The van der Waals surface area contributed by atoms with Gasteiger partial charge in [0.05, 0.1) is 14.8 Å². The van der Waals surface area contributed by atoms with Crippen LogP contribution in [0.5, 0.6) is 0 Å². The number of amides is 1. The van der Waals surface area contributed by atoms with Gasteiger partial charge in [0.1, 0.15) is 35.0 Å². The second kappa shape index (κ2) is 10.6. The summed E-state index contributed by atoms with van der Waals surface area (Å²) in [5, 5.41) is 18.8. The van der Waals surface area contributed by atoms with Gasteiger partial charge in [-0.2, -0.15) is 0 Å². The van der Waals surface area contributed by atoms with Crippen LogP contribution in [-0.2, 0) is 16.2 Å². The maximum absolute atomic E-state index is 12.0. The lowest BCUT2D eigenvalue weighted by Gasteiger charge is -2.37. The Morgan fingerprint density at radius 1 is 1.34 bits per heavy atom. The maximum Gasteiger partial charge on any atom is 0.407 e. The molecular weight excluding hydrogens is 558 g/mol.